The number of nitrogens with zero attached hydrogens (tertiary/aromatic N) is 1. The molecule has 0 aliphatic carbocycles. The first-order valence-corrected chi connectivity index (χ1v) is 8.55. The van der Waals surface area contributed by atoms with Crippen LogP contribution in [-0.4, -0.2) is 37.6 Å². The highest BCUT2D eigenvalue weighted by Crippen LogP contribution is 2.27. The number of halogens is 3. The summed E-state index contributed by atoms with van der Waals surface area (Å²) >= 11 is 0. The Hall–Kier alpha value is -1.49. The minimum absolute atomic E-state index is 0. The van der Waals surface area contributed by atoms with Crippen LogP contribution in [0.1, 0.15) is 29.9 Å². The molecule has 5 heteroatoms. The molecule has 3 rings (SSSR count). The van der Waals surface area contributed by atoms with Gasteiger partial charge in [0.2, 0.25) is 0 Å². The van der Waals surface area contributed by atoms with Gasteiger partial charge in [-0.3, -0.25) is 0 Å². The van der Waals surface area contributed by atoms with Crippen molar-refractivity contribution in [1.82, 2.24) is 10.2 Å². The maximum absolute atomic E-state index is 13.3. The van der Waals surface area contributed by atoms with E-state index in [0.29, 0.717) is 6.04 Å². The molecular formula is C20H25ClF2N2. The maximum Gasteiger partial charge on any atom is 0.123 e. The molecule has 0 saturated carbocycles. The molecule has 0 bridgehead atoms. The molecular weight excluding hydrogens is 342 g/mol. The van der Waals surface area contributed by atoms with Crippen molar-refractivity contribution in [3.05, 3.63) is 71.3 Å². The lowest BCUT2D eigenvalue weighted by atomic mass is 9.90. The van der Waals surface area contributed by atoms with Gasteiger partial charge in [0.05, 0.1) is 0 Å². The third kappa shape index (κ3) is 5.24. The van der Waals surface area contributed by atoms with Gasteiger partial charge in [-0.05, 0) is 68.4 Å². The topological polar surface area (TPSA) is 15.3 Å². The first kappa shape index (κ1) is 19.8. The Morgan fingerprint density at radius 2 is 1.36 bits per heavy atom. The predicted octanol–water partition coefficient (Wildman–Crippen LogP) is 4.20. The Morgan fingerprint density at radius 1 is 0.920 bits per heavy atom. The van der Waals surface area contributed by atoms with E-state index in [9.17, 15) is 8.78 Å². The summed E-state index contributed by atoms with van der Waals surface area (Å²) in [5.41, 5.74) is 2.12. The lowest BCUT2D eigenvalue weighted by Gasteiger charge is -2.34. The van der Waals surface area contributed by atoms with E-state index in [4.69, 9.17) is 0 Å². The van der Waals surface area contributed by atoms with E-state index < -0.39 is 0 Å². The zero-order valence-corrected chi connectivity index (χ0v) is 15.2. The van der Waals surface area contributed by atoms with Crippen molar-refractivity contribution in [3.63, 3.8) is 0 Å². The molecule has 136 valence electrons. The first-order valence-electron chi connectivity index (χ1n) is 8.55. The van der Waals surface area contributed by atoms with Gasteiger partial charge < -0.3 is 10.2 Å². The smallest absolute Gasteiger partial charge is 0.123 e. The van der Waals surface area contributed by atoms with Gasteiger partial charge in [0.25, 0.3) is 0 Å². The standard InChI is InChI=1S/C20H24F2N2.ClH/c1-24(19-10-12-23-13-11-19)14-20(15-2-6-17(21)7-3-15)16-4-8-18(22)9-5-16;/h2-9,19-20,23H,10-14H2,1H3;1H. The van der Waals surface area contributed by atoms with Crippen molar-refractivity contribution in [2.24, 2.45) is 0 Å². The van der Waals surface area contributed by atoms with Gasteiger partial charge in [-0.15, -0.1) is 12.4 Å². The van der Waals surface area contributed by atoms with Crippen LogP contribution in [0.4, 0.5) is 8.78 Å². The summed E-state index contributed by atoms with van der Waals surface area (Å²) in [5.74, 6) is -0.363. The summed E-state index contributed by atoms with van der Waals surface area (Å²) in [6.45, 7) is 2.93. The van der Waals surface area contributed by atoms with Crippen LogP contribution in [0, 0.1) is 11.6 Å². The summed E-state index contributed by atoms with van der Waals surface area (Å²) in [4.78, 5) is 2.39. The number of piperidine rings is 1. The van der Waals surface area contributed by atoms with Gasteiger partial charge in [0.15, 0.2) is 0 Å². The molecule has 25 heavy (non-hydrogen) atoms. The van der Waals surface area contributed by atoms with Crippen molar-refractivity contribution in [3.8, 4) is 0 Å². The van der Waals surface area contributed by atoms with Crippen LogP contribution < -0.4 is 5.32 Å². The predicted molar refractivity (Wildman–Crippen MR) is 100 cm³/mol. The Labute approximate surface area is 154 Å². The fourth-order valence-corrected chi connectivity index (χ4v) is 3.48. The quantitative estimate of drug-likeness (QED) is 0.853. The van der Waals surface area contributed by atoms with Gasteiger partial charge in [-0.1, -0.05) is 24.3 Å². The van der Waals surface area contributed by atoms with E-state index in [2.05, 4.69) is 17.3 Å². The number of benzene rings is 2. The highest BCUT2D eigenvalue weighted by molar-refractivity contribution is 5.85. The first-order chi connectivity index (χ1) is 11.6. The molecule has 0 atom stereocenters. The van der Waals surface area contributed by atoms with Gasteiger partial charge in [-0.2, -0.15) is 0 Å². The van der Waals surface area contributed by atoms with Gasteiger partial charge in [-0.25, -0.2) is 8.78 Å². The molecule has 0 amide bonds. The number of hydrogen-bond acceptors (Lipinski definition) is 2. The highest BCUT2D eigenvalue weighted by Gasteiger charge is 2.23. The lowest BCUT2D eigenvalue weighted by molar-refractivity contribution is 0.194. The van der Waals surface area contributed by atoms with Crippen LogP contribution in [0.3, 0.4) is 0 Å². The van der Waals surface area contributed by atoms with Crippen LogP contribution >= 0.6 is 12.4 Å². The number of rotatable bonds is 5. The average Bonchev–Trinajstić information content (AvgIpc) is 2.62. The van der Waals surface area contributed by atoms with Crippen LogP contribution in [0.5, 0.6) is 0 Å². The fraction of sp³-hybridized carbons (Fsp3) is 0.400. The molecule has 0 unspecified atom stereocenters. The molecule has 0 spiro atoms. The van der Waals surface area contributed by atoms with Gasteiger partial charge in [0.1, 0.15) is 11.6 Å². The van der Waals surface area contributed by atoms with Crippen molar-refractivity contribution < 1.29 is 8.78 Å². The maximum atomic E-state index is 13.3. The number of likely N-dealkylation sites (N-methyl/N-ethyl adjacent to an activating group) is 1. The van der Waals surface area contributed by atoms with E-state index >= 15 is 0 Å². The van der Waals surface area contributed by atoms with Crippen molar-refractivity contribution in [1.29, 1.82) is 0 Å². The molecule has 2 nitrogen and oxygen atoms in total. The number of hydrogen-bond donors (Lipinski definition) is 1. The third-order valence-corrected chi connectivity index (χ3v) is 4.95. The van der Waals surface area contributed by atoms with Crippen molar-refractivity contribution >= 4 is 12.4 Å². The van der Waals surface area contributed by atoms with Crippen LogP contribution in [0.25, 0.3) is 0 Å². The molecule has 0 radical (unpaired) electrons. The molecule has 1 saturated heterocycles. The zero-order valence-electron chi connectivity index (χ0n) is 14.4. The summed E-state index contributed by atoms with van der Waals surface area (Å²) in [6.07, 6.45) is 2.27. The second kappa shape index (κ2) is 9.27. The summed E-state index contributed by atoms with van der Waals surface area (Å²) in [7, 11) is 2.15. The molecule has 1 heterocycles. The summed E-state index contributed by atoms with van der Waals surface area (Å²) in [5, 5.41) is 3.39. The molecule has 1 fully saturated rings. The Kier molecular flexibility index (Phi) is 7.36. The average molecular weight is 367 g/mol. The normalized spacial score (nSPS) is 15.4. The van der Waals surface area contributed by atoms with Crippen LogP contribution in [-0.2, 0) is 0 Å². The Bertz CT molecular complexity index is 594. The van der Waals surface area contributed by atoms with Gasteiger partial charge in [0, 0.05) is 18.5 Å². The molecule has 2 aromatic carbocycles. The van der Waals surface area contributed by atoms with E-state index in [1.165, 1.54) is 24.3 Å². The summed E-state index contributed by atoms with van der Waals surface area (Å²) < 4.78 is 26.6. The molecule has 1 N–H and O–H groups in total. The SMILES string of the molecule is CN(CC(c1ccc(F)cc1)c1ccc(F)cc1)C1CCNCC1.Cl. The number of nitrogens with one attached hydrogen (secondary N) is 1. The highest BCUT2D eigenvalue weighted by atomic mass is 35.5. The molecule has 0 aromatic heterocycles. The third-order valence-electron chi connectivity index (χ3n) is 4.95. The van der Waals surface area contributed by atoms with Crippen LogP contribution in [0.15, 0.2) is 48.5 Å². The second-order valence-corrected chi connectivity index (χ2v) is 6.58. The second-order valence-electron chi connectivity index (χ2n) is 6.58. The molecule has 1 aliphatic rings. The van der Waals surface area contributed by atoms with E-state index in [1.54, 1.807) is 0 Å². The van der Waals surface area contributed by atoms with E-state index in [-0.39, 0.29) is 30.0 Å². The zero-order chi connectivity index (χ0) is 16.9. The van der Waals surface area contributed by atoms with Gasteiger partial charge >= 0.3 is 0 Å². The Morgan fingerprint density at radius 3 is 1.80 bits per heavy atom. The monoisotopic (exact) mass is 366 g/mol. The Balaban J connectivity index is 0.00000225. The van der Waals surface area contributed by atoms with E-state index in [1.807, 2.05) is 24.3 Å². The van der Waals surface area contributed by atoms with Crippen molar-refractivity contribution in [2.75, 3.05) is 26.7 Å². The minimum atomic E-state index is -0.233. The largest absolute Gasteiger partial charge is 0.317 e. The van der Waals surface area contributed by atoms with Crippen LogP contribution in [0.2, 0.25) is 0 Å². The molecule has 2 aromatic rings. The summed E-state index contributed by atoms with van der Waals surface area (Å²) in [6, 6.07) is 13.9. The minimum Gasteiger partial charge on any atom is -0.317 e. The lowest BCUT2D eigenvalue weighted by Crippen LogP contribution is -2.42. The van der Waals surface area contributed by atoms with E-state index in [0.717, 1.165) is 43.6 Å². The van der Waals surface area contributed by atoms with Crippen molar-refractivity contribution in [2.45, 2.75) is 24.8 Å². The fourth-order valence-electron chi connectivity index (χ4n) is 3.48. The molecule has 1 aliphatic heterocycles.